The first-order valence-corrected chi connectivity index (χ1v) is 2.54. The number of aliphatic carboxylic acids is 1. The molecule has 0 unspecified atom stereocenters. The van der Waals surface area contributed by atoms with E-state index in [0.717, 1.165) is 0 Å². The standard InChI is InChI=1S/C4H9N3O3.Na/c5-1-2(3(8)9)7-4(6)10;/h2H,1,5H2,(H,8,9)(H3,6,7,10);/q;+1/p-1/t2-;/m0./s1. The molecule has 2 amide bonds. The quantitative estimate of drug-likeness (QED) is 0.364. The summed E-state index contributed by atoms with van der Waals surface area (Å²) in [4.78, 5) is 20.0. The van der Waals surface area contributed by atoms with Crippen LogP contribution in [0.15, 0.2) is 0 Å². The first-order valence-electron chi connectivity index (χ1n) is 2.54. The maximum atomic E-state index is 10.0. The number of hydrogen-bond acceptors (Lipinski definition) is 4. The van der Waals surface area contributed by atoms with Gasteiger partial charge >= 0.3 is 35.6 Å². The Kier molecular flexibility index (Phi) is 7.75. The first kappa shape index (κ1) is 13.3. The van der Waals surface area contributed by atoms with E-state index < -0.39 is 18.0 Å². The van der Waals surface area contributed by atoms with Gasteiger partial charge < -0.3 is 26.7 Å². The molecule has 1 atom stereocenters. The fraction of sp³-hybridized carbons (Fsp3) is 0.500. The zero-order chi connectivity index (χ0) is 8.15. The number of primary amides is 1. The molecule has 0 rings (SSSR count). The van der Waals surface area contributed by atoms with Gasteiger partial charge in [0.15, 0.2) is 0 Å². The molecule has 0 aliphatic rings. The third-order valence-electron chi connectivity index (χ3n) is 0.837. The van der Waals surface area contributed by atoms with Crippen LogP contribution in [0.4, 0.5) is 4.79 Å². The average molecular weight is 169 g/mol. The smallest absolute Gasteiger partial charge is 0.548 e. The normalized spacial score (nSPS) is 11.0. The average Bonchev–Trinajstić information content (AvgIpc) is 1.81. The predicted molar refractivity (Wildman–Crippen MR) is 30.6 cm³/mol. The van der Waals surface area contributed by atoms with Crippen molar-refractivity contribution in [2.24, 2.45) is 11.5 Å². The van der Waals surface area contributed by atoms with Gasteiger partial charge in [-0.15, -0.1) is 0 Å². The van der Waals surface area contributed by atoms with Crippen LogP contribution in [0.5, 0.6) is 0 Å². The van der Waals surface area contributed by atoms with E-state index in [-0.39, 0.29) is 36.1 Å². The molecule has 0 aromatic heterocycles. The molecule has 58 valence electrons. The van der Waals surface area contributed by atoms with Gasteiger partial charge in [0.25, 0.3) is 0 Å². The minimum Gasteiger partial charge on any atom is -0.548 e. The summed E-state index contributed by atoms with van der Waals surface area (Å²) in [5.74, 6) is -1.44. The molecule has 0 fully saturated rings. The largest absolute Gasteiger partial charge is 1.00 e. The Morgan fingerprint density at radius 2 is 2.00 bits per heavy atom. The van der Waals surface area contributed by atoms with Gasteiger partial charge in [0.1, 0.15) is 0 Å². The predicted octanol–water partition coefficient (Wildman–Crippen LogP) is -6.26. The third-order valence-corrected chi connectivity index (χ3v) is 0.837. The van der Waals surface area contributed by atoms with Crippen molar-refractivity contribution in [3.8, 4) is 0 Å². The molecule has 6 nitrogen and oxygen atoms in total. The number of carboxylic acids is 1. The number of nitrogens with two attached hydrogens (primary N) is 2. The van der Waals surface area contributed by atoms with Gasteiger partial charge in [0.2, 0.25) is 0 Å². The second-order valence-electron chi connectivity index (χ2n) is 1.62. The Bertz CT molecular complexity index is 152. The first-order chi connectivity index (χ1) is 4.57. The maximum Gasteiger partial charge on any atom is 1.00 e. The number of nitrogens with one attached hydrogen (secondary N) is 1. The minimum atomic E-state index is -1.44. The number of carbonyl (C=O) groups is 2. The summed E-state index contributed by atoms with van der Waals surface area (Å²) in [5.41, 5.74) is 9.54. The van der Waals surface area contributed by atoms with Gasteiger partial charge in [-0.2, -0.15) is 0 Å². The van der Waals surface area contributed by atoms with Crippen LogP contribution in [-0.4, -0.2) is 24.6 Å². The van der Waals surface area contributed by atoms with Crippen molar-refractivity contribution >= 4 is 12.0 Å². The zero-order valence-corrected chi connectivity index (χ0v) is 8.16. The molecule has 0 saturated heterocycles. The van der Waals surface area contributed by atoms with Crippen LogP contribution in [0.25, 0.3) is 0 Å². The Labute approximate surface area is 85.6 Å². The SMILES string of the molecule is NC[C@H](NC(N)=O)C(=O)[O-].[Na+]. The minimum absolute atomic E-state index is 0. The molecular formula is C4H8N3NaO3. The fourth-order valence-corrected chi connectivity index (χ4v) is 0.386. The summed E-state index contributed by atoms with van der Waals surface area (Å²) in [6.45, 7) is -0.231. The summed E-state index contributed by atoms with van der Waals surface area (Å²) in [6.07, 6.45) is 0. The van der Waals surface area contributed by atoms with Crippen LogP contribution in [0, 0.1) is 0 Å². The van der Waals surface area contributed by atoms with Gasteiger partial charge in [-0.05, 0) is 0 Å². The van der Waals surface area contributed by atoms with E-state index in [4.69, 9.17) is 5.73 Å². The van der Waals surface area contributed by atoms with Gasteiger partial charge in [-0.1, -0.05) is 0 Å². The van der Waals surface area contributed by atoms with Gasteiger partial charge in [-0.3, -0.25) is 0 Å². The van der Waals surface area contributed by atoms with Gasteiger partial charge in [0.05, 0.1) is 12.0 Å². The van der Waals surface area contributed by atoms with Crippen LogP contribution in [-0.2, 0) is 4.79 Å². The number of carboxylic acid groups (broad SMARTS) is 1. The molecule has 0 saturated carbocycles. The summed E-state index contributed by atoms with van der Waals surface area (Å²) >= 11 is 0. The second-order valence-corrected chi connectivity index (χ2v) is 1.62. The molecule has 0 heterocycles. The van der Waals surface area contributed by atoms with Crippen molar-refractivity contribution in [1.82, 2.24) is 5.32 Å². The van der Waals surface area contributed by atoms with E-state index in [1.165, 1.54) is 0 Å². The van der Waals surface area contributed by atoms with Crippen LogP contribution < -0.4 is 51.4 Å². The molecule has 0 aromatic carbocycles. The number of amides is 2. The molecule has 0 aromatic rings. The second kappa shape index (κ2) is 6.41. The van der Waals surface area contributed by atoms with Crippen LogP contribution >= 0.6 is 0 Å². The maximum absolute atomic E-state index is 10.0. The number of carbonyl (C=O) groups excluding carboxylic acids is 2. The monoisotopic (exact) mass is 169 g/mol. The van der Waals surface area contributed by atoms with Crippen LogP contribution in [0.3, 0.4) is 0 Å². The molecule has 7 heteroatoms. The topological polar surface area (TPSA) is 121 Å². The molecule has 0 radical (unpaired) electrons. The summed E-state index contributed by atoms with van der Waals surface area (Å²) in [5, 5.41) is 11.9. The fourth-order valence-electron chi connectivity index (χ4n) is 0.386. The van der Waals surface area contributed by atoms with Crippen LogP contribution in [0.2, 0.25) is 0 Å². The number of hydrogen-bond donors (Lipinski definition) is 3. The summed E-state index contributed by atoms with van der Waals surface area (Å²) < 4.78 is 0. The molecule has 11 heavy (non-hydrogen) atoms. The molecular weight excluding hydrogens is 161 g/mol. The Hall–Kier alpha value is -0.300. The Morgan fingerprint density at radius 1 is 1.55 bits per heavy atom. The zero-order valence-electron chi connectivity index (χ0n) is 6.16. The van der Waals surface area contributed by atoms with E-state index in [1.54, 1.807) is 0 Å². The summed E-state index contributed by atoms with van der Waals surface area (Å²) in [6, 6.07) is -2.13. The number of urea groups is 1. The van der Waals surface area contributed by atoms with E-state index in [0.29, 0.717) is 0 Å². The summed E-state index contributed by atoms with van der Waals surface area (Å²) in [7, 11) is 0. The Balaban J connectivity index is 0. The molecule has 0 aliphatic heterocycles. The van der Waals surface area contributed by atoms with E-state index in [2.05, 4.69) is 5.73 Å². The van der Waals surface area contributed by atoms with Crippen molar-refractivity contribution in [3.63, 3.8) is 0 Å². The van der Waals surface area contributed by atoms with Crippen LogP contribution in [0.1, 0.15) is 0 Å². The third kappa shape index (κ3) is 6.11. The van der Waals surface area contributed by atoms with Crippen molar-refractivity contribution in [2.45, 2.75) is 6.04 Å². The molecule has 0 aliphatic carbocycles. The molecule has 5 N–H and O–H groups in total. The Morgan fingerprint density at radius 3 is 2.09 bits per heavy atom. The van der Waals surface area contributed by atoms with E-state index in [1.807, 2.05) is 5.32 Å². The van der Waals surface area contributed by atoms with E-state index in [9.17, 15) is 14.7 Å². The van der Waals surface area contributed by atoms with Crippen molar-refractivity contribution in [1.29, 1.82) is 0 Å². The molecule has 0 spiro atoms. The van der Waals surface area contributed by atoms with Crippen molar-refractivity contribution in [2.75, 3.05) is 6.54 Å². The van der Waals surface area contributed by atoms with Crippen molar-refractivity contribution < 1.29 is 44.3 Å². The van der Waals surface area contributed by atoms with Crippen molar-refractivity contribution in [3.05, 3.63) is 0 Å². The van der Waals surface area contributed by atoms with Gasteiger partial charge in [0, 0.05) is 6.54 Å². The van der Waals surface area contributed by atoms with Gasteiger partial charge in [-0.25, -0.2) is 4.79 Å². The number of rotatable bonds is 3. The molecule has 0 bridgehead atoms. The van der Waals surface area contributed by atoms with E-state index >= 15 is 0 Å².